The van der Waals surface area contributed by atoms with Crippen LogP contribution < -0.4 is 5.32 Å². The summed E-state index contributed by atoms with van der Waals surface area (Å²) in [5.41, 5.74) is 0. The molecule has 0 aliphatic rings. The maximum absolute atomic E-state index is 3.93. The molecule has 14 heavy (non-hydrogen) atoms. The molecule has 74 valence electrons. The van der Waals surface area contributed by atoms with E-state index >= 15 is 0 Å². The predicted octanol–water partition coefficient (Wildman–Crippen LogP) is -0.0549. The Morgan fingerprint density at radius 1 is 1.50 bits per heavy atom. The summed E-state index contributed by atoms with van der Waals surface area (Å²) in [6.07, 6.45) is 1.41. The van der Waals surface area contributed by atoms with Crippen molar-refractivity contribution >= 4 is 16.5 Å². The van der Waals surface area contributed by atoms with Gasteiger partial charge in [0.05, 0.1) is 6.54 Å². The summed E-state index contributed by atoms with van der Waals surface area (Å²) < 4.78 is 0. The van der Waals surface area contributed by atoms with Gasteiger partial charge in [-0.1, -0.05) is 11.3 Å². The topological polar surface area (TPSA) is 81.4 Å². The molecule has 0 fully saturated rings. The van der Waals surface area contributed by atoms with Crippen molar-refractivity contribution < 1.29 is 0 Å². The molecule has 0 radical (unpaired) electrons. The Hall–Kier alpha value is -1.57. The first kappa shape index (κ1) is 9.00. The van der Waals surface area contributed by atoms with Crippen molar-refractivity contribution in [2.75, 3.05) is 11.9 Å². The fourth-order valence-corrected chi connectivity index (χ4v) is 1.54. The van der Waals surface area contributed by atoms with Crippen LogP contribution in [0.2, 0.25) is 0 Å². The van der Waals surface area contributed by atoms with Crippen LogP contribution >= 0.6 is 11.3 Å². The van der Waals surface area contributed by atoms with E-state index in [-0.39, 0.29) is 0 Å². The van der Waals surface area contributed by atoms with Crippen molar-refractivity contribution in [1.82, 2.24) is 30.4 Å². The van der Waals surface area contributed by atoms with Gasteiger partial charge in [0.2, 0.25) is 5.13 Å². The third-order valence-corrected chi connectivity index (χ3v) is 2.30. The van der Waals surface area contributed by atoms with Crippen molar-refractivity contribution in [2.24, 2.45) is 0 Å². The molecule has 0 saturated heterocycles. The van der Waals surface area contributed by atoms with Gasteiger partial charge >= 0.3 is 0 Å². The molecule has 1 N–H and O–H groups in total. The van der Waals surface area contributed by atoms with Gasteiger partial charge in [0.15, 0.2) is 6.33 Å². The molecule has 0 unspecified atom stereocenters. The van der Waals surface area contributed by atoms with Gasteiger partial charge < -0.3 is 5.32 Å². The monoisotopic (exact) mass is 211 g/mol. The highest BCUT2D eigenvalue weighted by Gasteiger charge is 1.98. The van der Waals surface area contributed by atoms with Gasteiger partial charge in [-0.25, -0.2) is 0 Å². The number of hydrogen-bond acceptors (Lipinski definition) is 7. The van der Waals surface area contributed by atoms with Crippen LogP contribution in [0.25, 0.3) is 0 Å². The lowest BCUT2D eigenvalue weighted by Gasteiger charge is -1.99. The fourth-order valence-electron chi connectivity index (χ4n) is 0.922. The average molecular weight is 211 g/mol. The average Bonchev–Trinajstić information content (AvgIpc) is 2.77. The molecule has 2 aromatic rings. The van der Waals surface area contributed by atoms with E-state index in [9.17, 15) is 0 Å². The van der Waals surface area contributed by atoms with Crippen LogP contribution in [0, 0.1) is 6.92 Å². The molecule has 0 bridgehead atoms. The molecule has 0 saturated carbocycles. The summed E-state index contributed by atoms with van der Waals surface area (Å²) in [4.78, 5) is 1.51. The van der Waals surface area contributed by atoms with Gasteiger partial charge in [0.25, 0.3) is 0 Å². The van der Waals surface area contributed by atoms with Crippen molar-refractivity contribution in [1.29, 1.82) is 0 Å². The van der Waals surface area contributed by atoms with E-state index in [1.165, 1.54) is 22.5 Å². The SMILES string of the molecule is Cc1nnc(NCCn2ncnn2)s1. The van der Waals surface area contributed by atoms with E-state index in [1.807, 2.05) is 6.92 Å². The second-order valence-corrected chi connectivity index (χ2v) is 3.77. The number of aromatic nitrogens is 6. The van der Waals surface area contributed by atoms with E-state index in [4.69, 9.17) is 0 Å². The lowest BCUT2D eigenvalue weighted by Crippen LogP contribution is -2.12. The molecular formula is C6H9N7S. The Kier molecular flexibility index (Phi) is 2.63. The molecule has 0 spiro atoms. The Bertz CT molecular complexity index is 381. The standard InChI is InChI=1S/C6H9N7S/c1-5-10-11-6(14-5)7-2-3-13-9-4-8-12-13/h4H,2-3H2,1H3,(H,7,11). The first-order chi connectivity index (χ1) is 6.84. The van der Waals surface area contributed by atoms with Crippen LogP contribution in [-0.4, -0.2) is 36.9 Å². The summed E-state index contributed by atoms with van der Waals surface area (Å²) in [5.74, 6) is 0. The zero-order valence-corrected chi connectivity index (χ0v) is 8.40. The second-order valence-electron chi connectivity index (χ2n) is 2.58. The molecule has 0 aliphatic heterocycles. The number of anilines is 1. The minimum absolute atomic E-state index is 0.665. The first-order valence-electron chi connectivity index (χ1n) is 4.09. The molecule has 0 aromatic carbocycles. The van der Waals surface area contributed by atoms with Gasteiger partial charge in [-0.2, -0.15) is 4.80 Å². The minimum Gasteiger partial charge on any atom is -0.358 e. The quantitative estimate of drug-likeness (QED) is 0.763. The molecule has 0 atom stereocenters. The lowest BCUT2D eigenvalue weighted by molar-refractivity contribution is 0.538. The number of tetrazole rings is 1. The van der Waals surface area contributed by atoms with E-state index in [0.717, 1.165) is 10.1 Å². The number of aryl methyl sites for hydroxylation is 1. The highest BCUT2D eigenvalue weighted by molar-refractivity contribution is 7.15. The first-order valence-corrected chi connectivity index (χ1v) is 4.91. The Morgan fingerprint density at radius 3 is 3.07 bits per heavy atom. The van der Waals surface area contributed by atoms with Crippen molar-refractivity contribution in [3.8, 4) is 0 Å². The highest BCUT2D eigenvalue weighted by atomic mass is 32.1. The molecule has 2 aromatic heterocycles. The van der Waals surface area contributed by atoms with Crippen molar-refractivity contribution in [2.45, 2.75) is 13.5 Å². The molecular weight excluding hydrogens is 202 g/mol. The molecule has 0 aliphatic carbocycles. The Morgan fingerprint density at radius 2 is 2.43 bits per heavy atom. The largest absolute Gasteiger partial charge is 0.358 e. The Balaban J connectivity index is 1.78. The van der Waals surface area contributed by atoms with Gasteiger partial charge in [-0.15, -0.1) is 20.4 Å². The normalized spacial score (nSPS) is 10.4. The maximum Gasteiger partial charge on any atom is 0.205 e. The number of rotatable bonds is 4. The summed E-state index contributed by atoms with van der Waals surface area (Å²) >= 11 is 1.53. The van der Waals surface area contributed by atoms with Crippen molar-refractivity contribution in [3.63, 3.8) is 0 Å². The molecule has 2 rings (SSSR count). The van der Waals surface area contributed by atoms with Crippen LogP contribution in [-0.2, 0) is 6.54 Å². The molecule has 8 heteroatoms. The summed E-state index contributed by atoms with van der Waals surface area (Å²) in [7, 11) is 0. The number of nitrogens with zero attached hydrogens (tertiary/aromatic N) is 6. The predicted molar refractivity (Wildman–Crippen MR) is 51.0 cm³/mol. The lowest BCUT2D eigenvalue weighted by atomic mass is 10.6. The van der Waals surface area contributed by atoms with Crippen LogP contribution in [0.4, 0.5) is 5.13 Å². The zero-order chi connectivity index (χ0) is 9.80. The maximum atomic E-state index is 3.93. The summed E-state index contributed by atoms with van der Waals surface area (Å²) in [6.45, 7) is 3.30. The van der Waals surface area contributed by atoms with E-state index in [0.29, 0.717) is 13.1 Å². The van der Waals surface area contributed by atoms with Gasteiger partial charge in [-0.3, -0.25) is 0 Å². The molecule has 0 amide bonds. The third-order valence-electron chi connectivity index (χ3n) is 1.51. The molecule has 7 nitrogen and oxygen atoms in total. The number of nitrogens with one attached hydrogen (secondary N) is 1. The summed E-state index contributed by atoms with van der Waals surface area (Å²) in [5, 5.41) is 23.9. The van der Waals surface area contributed by atoms with Crippen LogP contribution in [0.15, 0.2) is 6.33 Å². The van der Waals surface area contributed by atoms with E-state index in [1.54, 1.807) is 0 Å². The van der Waals surface area contributed by atoms with Gasteiger partial charge in [-0.05, 0) is 12.1 Å². The van der Waals surface area contributed by atoms with Gasteiger partial charge in [0, 0.05) is 6.54 Å². The second kappa shape index (κ2) is 4.09. The van der Waals surface area contributed by atoms with Crippen LogP contribution in [0.1, 0.15) is 5.01 Å². The van der Waals surface area contributed by atoms with Crippen molar-refractivity contribution in [3.05, 3.63) is 11.3 Å². The fraction of sp³-hybridized carbons (Fsp3) is 0.500. The smallest absolute Gasteiger partial charge is 0.205 e. The third kappa shape index (κ3) is 2.22. The zero-order valence-electron chi connectivity index (χ0n) is 7.58. The van der Waals surface area contributed by atoms with E-state index in [2.05, 4.69) is 30.9 Å². The van der Waals surface area contributed by atoms with Crippen LogP contribution in [0.3, 0.4) is 0 Å². The van der Waals surface area contributed by atoms with Crippen LogP contribution in [0.5, 0.6) is 0 Å². The molecule has 2 heterocycles. The van der Waals surface area contributed by atoms with E-state index < -0.39 is 0 Å². The highest BCUT2D eigenvalue weighted by Crippen LogP contribution is 2.12. The Labute approximate surface area is 84.2 Å². The summed E-state index contributed by atoms with van der Waals surface area (Å²) in [6, 6.07) is 0. The van der Waals surface area contributed by atoms with Gasteiger partial charge in [0.1, 0.15) is 5.01 Å². The number of hydrogen-bond donors (Lipinski definition) is 1. The minimum atomic E-state index is 0.665.